The van der Waals surface area contributed by atoms with Crippen molar-refractivity contribution in [2.75, 3.05) is 18.6 Å². The number of nitro benzene ring substituents is 1. The van der Waals surface area contributed by atoms with Gasteiger partial charge in [0.1, 0.15) is 15.9 Å². The highest BCUT2D eigenvalue weighted by molar-refractivity contribution is 7.90. The molecule has 0 saturated carbocycles. The molecule has 3 atom stereocenters. The van der Waals surface area contributed by atoms with Gasteiger partial charge in [-0.3, -0.25) is 14.9 Å². The van der Waals surface area contributed by atoms with Crippen molar-refractivity contribution in [3.63, 3.8) is 0 Å². The lowest BCUT2D eigenvalue weighted by Crippen LogP contribution is -2.49. The van der Waals surface area contributed by atoms with Gasteiger partial charge in [0.25, 0.3) is 5.69 Å². The normalized spacial score (nSPS) is 15.2. The summed E-state index contributed by atoms with van der Waals surface area (Å²) in [7, 11) is -3.27. The van der Waals surface area contributed by atoms with Crippen LogP contribution in [0, 0.1) is 10.1 Å². The first-order valence-electron chi connectivity index (χ1n) is 7.32. The fourth-order valence-electron chi connectivity index (χ4n) is 2.01. The van der Waals surface area contributed by atoms with Crippen LogP contribution in [0.2, 0.25) is 0 Å². The number of aliphatic hydroxyl groups excluding tert-OH is 2. The minimum atomic E-state index is -3.27. The number of nitrogens with one attached hydrogen (secondary N) is 1. The minimum Gasteiger partial charge on any atom is -0.394 e. The van der Waals surface area contributed by atoms with E-state index in [-0.39, 0.29) is 23.4 Å². The number of hydrogen-bond acceptors (Lipinski definition) is 8. The summed E-state index contributed by atoms with van der Waals surface area (Å²) in [5.41, 5.74) is 5.70. The molecule has 25 heavy (non-hydrogen) atoms. The van der Waals surface area contributed by atoms with Crippen molar-refractivity contribution in [2.24, 2.45) is 5.73 Å². The first kappa shape index (κ1) is 21.0. The second kappa shape index (κ2) is 8.85. The van der Waals surface area contributed by atoms with E-state index in [1.165, 1.54) is 24.3 Å². The van der Waals surface area contributed by atoms with Gasteiger partial charge in [-0.15, -0.1) is 0 Å². The Balaban J connectivity index is 2.73. The molecule has 0 aromatic heterocycles. The second-order valence-electron chi connectivity index (χ2n) is 5.62. The van der Waals surface area contributed by atoms with E-state index in [4.69, 9.17) is 5.73 Å². The fraction of sp³-hybridized carbons (Fsp3) is 0.500. The maximum Gasteiger partial charge on any atom is 0.269 e. The quantitative estimate of drug-likeness (QED) is 0.310. The molecule has 0 bridgehead atoms. The van der Waals surface area contributed by atoms with E-state index in [9.17, 15) is 33.5 Å². The van der Waals surface area contributed by atoms with Crippen LogP contribution in [-0.2, 0) is 14.6 Å². The predicted octanol–water partition coefficient (Wildman–Crippen LogP) is -1.13. The van der Waals surface area contributed by atoms with Gasteiger partial charge in [-0.1, -0.05) is 0 Å². The SMILES string of the molecule is CS(=O)(=O)CC[C@H](N)C(=O)N[C@@H](CO)[C@H](O)c1ccc([N+](=O)[O-])cc1. The third-order valence-electron chi connectivity index (χ3n) is 3.49. The molecule has 140 valence electrons. The highest BCUT2D eigenvalue weighted by Crippen LogP contribution is 2.20. The first-order chi connectivity index (χ1) is 11.5. The Labute approximate surface area is 144 Å². The van der Waals surface area contributed by atoms with Crippen LogP contribution in [0.3, 0.4) is 0 Å². The Morgan fingerprint density at radius 1 is 1.36 bits per heavy atom. The molecule has 1 aromatic carbocycles. The van der Waals surface area contributed by atoms with Gasteiger partial charge in [-0.2, -0.15) is 0 Å². The summed E-state index contributed by atoms with van der Waals surface area (Å²) in [4.78, 5) is 22.0. The topological polar surface area (TPSA) is 173 Å². The summed E-state index contributed by atoms with van der Waals surface area (Å²) in [6.45, 7) is -0.608. The van der Waals surface area contributed by atoms with Gasteiger partial charge in [-0.25, -0.2) is 8.42 Å². The Morgan fingerprint density at radius 3 is 2.36 bits per heavy atom. The second-order valence-corrected chi connectivity index (χ2v) is 7.88. The molecule has 11 heteroatoms. The van der Waals surface area contributed by atoms with Crippen molar-refractivity contribution in [2.45, 2.75) is 24.6 Å². The van der Waals surface area contributed by atoms with Crippen LogP contribution in [0.25, 0.3) is 0 Å². The number of nitrogens with zero attached hydrogens (tertiary/aromatic N) is 1. The lowest BCUT2D eigenvalue weighted by Gasteiger charge is -2.24. The minimum absolute atomic E-state index is 0.101. The maximum atomic E-state index is 12.0. The molecule has 1 amide bonds. The zero-order valence-corrected chi connectivity index (χ0v) is 14.3. The van der Waals surface area contributed by atoms with Gasteiger partial charge in [0.2, 0.25) is 5.91 Å². The lowest BCUT2D eigenvalue weighted by molar-refractivity contribution is -0.384. The Kier molecular flexibility index (Phi) is 7.42. The number of carbonyl (C=O) groups is 1. The van der Waals surface area contributed by atoms with Crippen molar-refractivity contribution in [3.8, 4) is 0 Å². The van der Waals surface area contributed by atoms with Gasteiger partial charge in [0.05, 0.1) is 29.4 Å². The van der Waals surface area contributed by atoms with Crippen LogP contribution in [0.15, 0.2) is 24.3 Å². The van der Waals surface area contributed by atoms with E-state index in [1.54, 1.807) is 0 Å². The summed E-state index contributed by atoms with van der Waals surface area (Å²) in [5, 5.41) is 32.5. The number of sulfone groups is 1. The molecule has 10 nitrogen and oxygen atoms in total. The smallest absolute Gasteiger partial charge is 0.269 e. The van der Waals surface area contributed by atoms with Crippen LogP contribution < -0.4 is 11.1 Å². The van der Waals surface area contributed by atoms with E-state index in [0.29, 0.717) is 0 Å². The summed E-state index contributed by atoms with van der Waals surface area (Å²) in [6.07, 6.45) is -0.403. The molecule has 0 heterocycles. The molecule has 0 saturated heterocycles. The van der Waals surface area contributed by atoms with Gasteiger partial charge < -0.3 is 21.3 Å². The number of hydrogen-bond donors (Lipinski definition) is 4. The van der Waals surface area contributed by atoms with Gasteiger partial charge >= 0.3 is 0 Å². The van der Waals surface area contributed by atoms with Crippen molar-refractivity contribution in [3.05, 3.63) is 39.9 Å². The number of non-ortho nitro benzene ring substituents is 1. The maximum absolute atomic E-state index is 12.0. The van der Waals surface area contributed by atoms with Crippen LogP contribution in [-0.4, -0.2) is 60.2 Å². The Morgan fingerprint density at radius 2 is 1.92 bits per heavy atom. The Bertz CT molecular complexity index is 706. The Hall–Kier alpha value is -2.08. The molecular formula is C14H21N3O7S. The average molecular weight is 375 g/mol. The summed E-state index contributed by atoms with van der Waals surface area (Å²) in [5.74, 6) is -0.986. The molecule has 0 fully saturated rings. The van der Waals surface area contributed by atoms with E-state index in [0.717, 1.165) is 6.26 Å². The third kappa shape index (κ3) is 6.74. The van der Waals surface area contributed by atoms with E-state index >= 15 is 0 Å². The molecule has 0 radical (unpaired) electrons. The van der Waals surface area contributed by atoms with E-state index in [2.05, 4.69) is 5.32 Å². The summed E-state index contributed by atoms with van der Waals surface area (Å²) >= 11 is 0. The van der Waals surface area contributed by atoms with Crippen LogP contribution >= 0.6 is 0 Å². The molecule has 0 spiro atoms. The molecule has 5 N–H and O–H groups in total. The number of nitro groups is 1. The van der Waals surface area contributed by atoms with Crippen molar-refractivity contribution >= 4 is 21.4 Å². The highest BCUT2D eigenvalue weighted by Gasteiger charge is 2.25. The summed E-state index contributed by atoms with van der Waals surface area (Å²) < 4.78 is 22.2. The number of benzene rings is 1. The highest BCUT2D eigenvalue weighted by atomic mass is 32.2. The van der Waals surface area contributed by atoms with E-state index in [1.807, 2.05) is 0 Å². The molecule has 0 aliphatic carbocycles. The van der Waals surface area contributed by atoms with Crippen LogP contribution in [0.5, 0.6) is 0 Å². The van der Waals surface area contributed by atoms with Gasteiger partial charge in [0, 0.05) is 18.4 Å². The summed E-state index contributed by atoms with van der Waals surface area (Å²) in [6, 6.07) is 2.77. The number of nitrogens with two attached hydrogens (primary N) is 1. The standard InChI is InChI=1S/C14H21N3O7S/c1-25(23,24)7-6-11(15)14(20)16-12(8-18)13(19)9-2-4-10(5-3-9)17(21)22/h2-5,11-13,18-19H,6-8,15H2,1H3,(H,16,20)/t11-,12-,13+/m0/s1. The average Bonchev–Trinajstić information content (AvgIpc) is 2.56. The lowest BCUT2D eigenvalue weighted by atomic mass is 10.0. The van der Waals surface area contributed by atoms with Crippen molar-refractivity contribution in [1.82, 2.24) is 5.32 Å². The predicted molar refractivity (Wildman–Crippen MR) is 89.4 cm³/mol. The molecule has 0 aliphatic heterocycles. The largest absolute Gasteiger partial charge is 0.394 e. The molecule has 1 aromatic rings. The van der Waals surface area contributed by atoms with Gasteiger partial charge in [0.15, 0.2) is 0 Å². The third-order valence-corrected chi connectivity index (χ3v) is 4.46. The molecular weight excluding hydrogens is 354 g/mol. The number of aliphatic hydroxyl groups is 2. The van der Waals surface area contributed by atoms with Crippen LogP contribution in [0.4, 0.5) is 5.69 Å². The van der Waals surface area contributed by atoms with Crippen LogP contribution in [0.1, 0.15) is 18.1 Å². The zero-order chi connectivity index (χ0) is 19.2. The van der Waals surface area contributed by atoms with E-state index < -0.39 is 45.5 Å². The van der Waals surface area contributed by atoms with Crippen molar-refractivity contribution in [1.29, 1.82) is 0 Å². The zero-order valence-electron chi connectivity index (χ0n) is 13.5. The van der Waals surface area contributed by atoms with Gasteiger partial charge in [-0.05, 0) is 24.1 Å². The number of carbonyl (C=O) groups excluding carboxylic acids is 1. The number of amides is 1. The van der Waals surface area contributed by atoms with Crippen molar-refractivity contribution < 1.29 is 28.3 Å². The molecule has 1 rings (SSSR count). The first-order valence-corrected chi connectivity index (χ1v) is 9.38. The fourth-order valence-corrected chi connectivity index (χ4v) is 2.69. The molecule has 0 unspecified atom stereocenters. The number of rotatable bonds is 9. The molecule has 0 aliphatic rings. The monoisotopic (exact) mass is 375 g/mol.